The fourth-order valence-corrected chi connectivity index (χ4v) is 2.81. The van der Waals surface area contributed by atoms with Crippen LogP contribution in [0.4, 0.5) is 0 Å². The lowest BCUT2D eigenvalue weighted by atomic mass is 9.84. The van der Waals surface area contributed by atoms with E-state index < -0.39 is 0 Å². The van der Waals surface area contributed by atoms with Crippen LogP contribution in [0.1, 0.15) is 78.0 Å². The summed E-state index contributed by atoms with van der Waals surface area (Å²) in [5.74, 6) is 0.724. The first-order valence-electron chi connectivity index (χ1n) is 8.27. The van der Waals surface area contributed by atoms with Crippen molar-refractivity contribution < 1.29 is 0 Å². The van der Waals surface area contributed by atoms with E-state index in [9.17, 15) is 0 Å². The highest BCUT2D eigenvalue weighted by Crippen LogP contribution is 2.29. The number of hydrogen-bond acceptors (Lipinski definition) is 1. The largest absolute Gasteiger partial charge is 0.310 e. The fourth-order valence-electron chi connectivity index (χ4n) is 2.81. The van der Waals surface area contributed by atoms with Gasteiger partial charge in [-0.3, -0.25) is 0 Å². The highest BCUT2D eigenvalue weighted by Gasteiger charge is 2.20. The molecule has 0 amide bonds. The van der Waals surface area contributed by atoms with Gasteiger partial charge in [-0.2, -0.15) is 0 Å². The molecule has 0 bridgehead atoms. The summed E-state index contributed by atoms with van der Waals surface area (Å²) in [5, 5.41) is 3.75. The van der Waals surface area contributed by atoms with E-state index in [1.807, 2.05) is 0 Å². The van der Waals surface area contributed by atoms with Crippen LogP contribution in [0.15, 0.2) is 24.3 Å². The second-order valence-corrected chi connectivity index (χ2v) is 6.88. The zero-order valence-corrected chi connectivity index (χ0v) is 14.3. The zero-order chi connectivity index (χ0) is 15.2. The molecule has 0 radical (unpaired) electrons. The highest BCUT2D eigenvalue weighted by atomic mass is 14.9. The van der Waals surface area contributed by atoms with E-state index >= 15 is 0 Å². The Kier molecular flexibility index (Phi) is 6.75. The predicted octanol–water partition coefficient (Wildman–Crippen LogP) is 5.46. The molecule has 0 aliphatic heterocycles. The van der Waals surface area contributed by atoms with Gasteiger partial charge in [-0.05, 0) is 35.4 Å². The lowest BCUT2D eigenvalue weighted by Crippen LogP contribution is -2.28. The van der Waals surface area contributed by atoms with Crippen molar-refractivity contribution in [2.24, 2.45) is 5.92 Å². The molecule has 0 saturated heterocycles. The summed E-state index contributed by atoms with van der Waals surface area (Å²) in [4.78, 5) is 0. The summed E-state index contributed by atoms with van der Waals surface area (Å²) in [6.07, 6.45) is 3.66. The maximum Gasteiger partial charge on any atom is 0.0348 e. The lowest BCUT2D eigenvalue weighted by Gasteiger charge is -2.28. The van der Waals surface area contributed by atoms with Gasteiger partial charge in [0.25, 0.3) is 0 Å². The molecule has 114 valence electrons. The van der Waals surface area contributed by atoms with E-state index in [1.54, 1.807) is 0 Å². The van der Waals surface area contributed by atoms with Crippen molar-refractivity contribution in [3.8, 4) is 0 Å². The normalized spacial score (nSPS) is 13.8. The van der Waals surface area contributed by atoms with Crippen LogP contribution in [0, 0.1) is 5.92 Å². The molecule has 1 aromatic carbocycles. The molecule has 1 unspecified atom stereocenters. The first-order valence-corrected chi connectivity index (χ1v) is 8.27. The average Bonchev–Trinajstić information content (AvgIpc) is 2.43. The van der Waals surface area contributed by atoms with Gasteiger partial charge >= 0.3 is 0 Å². The van der Waals surface area contributed by atoms with Crippen LogP contribution in [0.25, 0.3) is 0 Å². The van der Waals surface area contributed by atoms with Crippen LogP contribution in [0.5, 0.6) is 0 Å². The van der Waals surface area contributed by atoms with E-state index in [1.165, 1.54) is 30.4 Å². The molecule has 1 nitrogen and oxygen atoms in total. The molecule has 1 rings (SSSR count). The van der Waals surface area contributed by atoms with Crippen LogP contribution < -0.4 is 5.32 Å². The van der Waals surface area contributed by atoms with Crippen molar-refractivity contribution in [1.82, 2.24) is 5.32 Å². The number of nitrogens with one attached hydrogen (secondary N) is 1. The maximum atomic E-state index is 3.75. The third-order valence-electron chi connectivity index (χ3n) is 4.27. The standard InChI is InChI=1S/C19H33N/c1-7-14-20-18(15(8-2)9-3)16-10-12-17(13-11-16)19(4,5)6/h10-13,15,18,20H,7-9,14H2,1-6H3. The van der Waals surface area contributed by atoms with Crippen molar-refractivity contribution in [3.63, 3.8) is 0 Å². The van der Waals surface area contributed by atoms with Gasteiger partial charge < -0.3 is 5.32 Å². The summed E-state index contributed by atoms with van der Waals surface area (Å²) >= 11 is 0. The van der Waals surface area contributed by atoms with Crippen LogP contribution in [-0.2, 0) is 5.41 Å². The van der Waals surface area contributed by atoms with Crippen LogP contribution in [-0.4, -0.2) is 6.54 Å². The van der Waals surface area contributed by atoms with E-state index in [0.29, 0.717) is 6.04 Å². The van der Waals surface area contributed by atoms with Gasteiger partial charge in [0.1, 0.15) is 0 Å². The molecule has 1 heteroatoms. The van der Waals surface area contributed by atoms with E-state index in [0.717, 1.165) is 12.5 Å². The summed E-state index contributed by atoms with van der Waals surface area (Å²) < 4.78 is 0. The Bertz CT molecular complexity index is 368. The molecular weight excluding hydrogens is 242 g/mol. The van der Waals surface area contributed by atoms with Crippen molar-refractivity contribution >= 4 is 0 Å². The van der Waals surface area contributed by atoms with Gasteiger partial charge in [0.05, 0.1) is 0 Å². The van der Waals surface area contributed by atoms with Gasteiger partial charge in [0.15, 0.2) is 0 Å². The van der Waals surface area contributed by atoms with Crippen molar-refractivity contribution in [3.05, 3.63) is 35.4 Å². The maximum absolute atomic E-state index is 3.75. The molecule has 1 atom stereocenters. The predicted molar refractivity (Wildman–Crippen MR) is 90.2 cm³/mol. The number of hydrogen-bond donors (Lipinski definition) is 1. The molecule has 0 fully saturated rings. The van der Waals surface area contributed by atoms with Gasteiger partial charge in [-0.25, -0.2) is 0 Å². The molecule has 20 heavy (non-hydrogen) atoms. The minimum atomic E-state index is 0.236. The lowest BCUT2D eigenvalue weighted by molar-refractivity contribution is 0.341. The molecule has 0 aromatic heterocycles. The van der Waals surface area contributed by atoms with E-state index in [-0.39, 0.29) is 5.41 Å². The SMILES string of the molecule is CCCNC(c1ccc(C(C)(C)C)cc1)C(CC)CC. The van der Waals surface area contributed by atoms with Crippen LogP contribution >= 0.6 is 0 Å². The molecule has 0 saturated carbocycles. The Hall–Kier alpha value is -0.820. The zero-order valence-electron chi connectivity index (χ0n) is 14.3. The Labute approximate surface area is 126 Å². The summed E-state index contributed by atoms with van der Waals surface area (Å²) in [6.45, 7) is 14.8. The first kappa shape index (κ1) is 17.2. The minimum absolute atomic E-state index is 0.236. The molecule has 0 aliphatic carbocycles. The second kappa shape index (κ2) is 7.83. The number of rotatable bonds is 7. The summed E-state index contributed by atoms with van der Waals surface area (Å²) in [6, 6.07) is 9.76. The third-order valence-corrected chi connectivity index (χ3v) is 4.27. The minimum Gasteiger partial charge on any atom is -0.310 e. The molecule has 0 heterocycles. The highest BCUT2D eigenvalue weighted by molar-refractivity contribution is 5.29. The van der Waals surface area contributed by atoms with Gasteiger partial charge in [-0.1, -0.05) is 78.6 Å². The van der Waals surface area contributed by atoms with Crippen molar-refractivity contribution in [2.45, 2.75) is 72.3 Å². The third kappa shape index (κ3) is 4.63. The Morgan fingerprint density at radius 2 is 1.50 bits per heavy atom. The summed E-state index contributed by atoms with van der Waals surface area (Å²) in [5.41, 5.74) is 3.10. The van der Waals surface area contributed by atoms with Gasteiger partial charge in [0, 0.05) is 6.04 Å². The smallest absolute Gasteiger partial charge is 0.0348 e. The number of benzene rings is 1. The monoisotopic (exact) mass is 275 g/mol. The molecule has 1 aromatic rings. The molecule has 1 N–H and O–H groups in total. The van der Waals surface area contributed by atoms with Crippen molar-refractivity contribution in [1.29, 1.82) is 0 Å². The second-order valence-electron chi connectivity index (χ2n) is 6.88. The average molecular weight is 275 g/mol. The Balaban J connectivity index is 2.95. The molecule has 0 spiro atoms. The fraction of sp³-hybridized carbons (Fsp3) is 0.684. The van der Waals surface area contributed by atoms with Crippen molar-refractivity contribution in [2.75, 3.05) is 6.54 Å². The van der Waals surface area contributed by atoms with Gasteiger partial charge in [-0.15, -0.1) is 0 Å². The quantitative estimate of drug-likeness (QED) is 0.696. The van der Waals surface area contributed by atoms with Crippen LogP contribution in [0.2, 0.25) is 0 Å². The van der Waals surface area contributed by atoms with E-state index in [4.69, 9.17) is 0 Å². The first-order chi connectivity index (χ1) is 9.43. The molecular formula is C19H33N. The van der Waals surface area contributed by atoms with E-state index in [2.05, 4.69) is 71.1 Å². The molecule has 0 aliphatic rings. The Morgan fingerprint density at radius 3 is 1.90 bits per heavy atom. The van der Waals surface area contributed by atoms with Gasteiger partial charge in [0.2, 0.25) is 0 Å². The Morgan fingerprint density at radius 1 is 0.950 bits per heavy atom. The summed E-state index contributed by atoms with van der Waals surface area (Å²) in [7, 11) is 0. The van der Waals surface area contributed by atoms with Crippen LogP contribution in [0.3, 0.4) is 0 Å². The topological polar surface area (TPSA) is 12.0 Å².